The second kappa shape index (κ2) is 5.67. The highest BCUT2D eigenvalue weighted by atomic mass is 16.5. The van der Waals surface area contributed by atoms with Crippen molar-refractivity contribution in [2.24, 2.45) is 0 Å². The Morgan fingerprint density at radius 1 is 1.09 bits per heavy atom. The smallest absolute Gasteiger partial charge is 0.289 e. The molecule has 22 heavy (non-hydrogen) atoms. The summed E-state index contributed by atoms with van der Waals surface area (Å²) in [7, 11) is 0. The van der Waals surface area contributed by atoms with Gasteiger partial charge in [-0.3, -0.25) is 9.59 Å². The van der Waals surface area contributed by atoms with Crippen LogP contribution in [0.15, 0.2) is 27.3 Å². The number of aromatic nitrogens is 1. The lowest BCUT2D eigenvalue weighted by atomic mass is 10.2. The Hall–Kier alpha value is -2.57. The van der Waals surface area contributed by atoms with E-state index in [9.17, 15) is 9.59 Å². The Labute approximate surface area is 127 Å². The van der Waals surface area contributed by atoms with E-state index in [1.54, 1.807) is 28.9 Å². The SMILES string of the molecule is Cc1onc(C(=O)N2CCN(C(=O)c3ccco3)CC2)c1C. The van der Waals surface area contributed by atoms with Crippen molar-refractivity contribution in [1.82, 2.24) is 15.0 Å². The molecule has 1 fully saturated rings. The first kappa shape index (κ1) is 14.4. The van der Waals surface area contributed by atoms with Gasteiger partial charge in [-0.05, 0) is 26.0 Å². The molecular formula is C15H17N3O4. The first-order chi connectivity index (χ1) is 10.6. The summed E-state index contributed by atoms with van der Waals surface area (Å²) in [6.45, 7) is 5.48. The van der Waals surface area contributed by atoms with Gasteiger partial charge in [-0.2, -0.15) is 0 Å². The maximum Gasteiger partial charge on any atom is 0.289 e. The zero-order valence-corrected chi connectivity index (χ0v) is 12.5. The molecule has 0 atom stereocenters. The van der Waals surface area contributed by atoms with Crippen LogP contribution in [0.1, 0.15) is 32.4 Å². The number of carbonyl (C=O) groups is 2. The van der Waals surface area contributed by atoms with Gasteiger partial charge in [0.2, 0.25) is 0 Å². The van der Waals surface area contributed by atoms with Gasteiger partial charge in [-0.1, -0.05) is 5.16 Å². The van der Waals surface area contributed by atoms with E-state index in [0.717, 1.165) is 5.56 Å². The minimum atomic E-state index is -0.153. The van der Waals surface area contributed by atoms with Gasteiger partial charge in [0.15, 0.2) is 11.5 Å². The number of carbonyl (C=O) groups excluding carboxylic acids is 2. The fraction of sp³-hybridized carbons (Fsp3) is 0.400. The maximum atomic E-state index is 12.4. The molecule has 0 radical (unpaired) electrons. The largest absolute Gasteiger partial charge is 0.459 e. The van der Waals surface area contributed by atoms with Crippen molar-refractivity contribution in [3.05, 3.63) is 41.2 Å². The predicted molar refractivity (Wildman–Crippen MR) is 76.5 cm³/mol. The third-order valence-electron chi connectivity index (χ3n) is 3.95. The molecule has 2 amide bonds. The van der Waals surface area contributed by atoms with Crippen LogP contribution >= 0.6 is 0 Å². The molecule has 7 nitrogen and oxygen atoms in total. The normalized spacial score (nSPS) is 15.2. The van der Waals surface area contributed by atoms with Crippen molar-refractivity contribution in [2.45, 2.75) is 13.8 Å². The van der Waals surface area contributed by atoms with Gasteiger partial charge >= 0.3 is 0 Å². The van der Waals surface area contributed by atoms with E-state index >= 15 is 0 Å². The Bertz CT molecular complexity index is 682. The lowest BCUT2D eigenvalue weighted by Gasteiger charge is -2.34. The van der Waals surface area contributed by atoms with Crippen molar-refractivity contribution in [2.75, 3.05) is 26.2 Å². The summed E-state index contributed by atoms with van der Waals surface area (Å²) in [5.74, 6) is 0.669. The quantitative estimate of drug-likeness (QED) is 0.839. The average molecular weight is 303 g/mol. The summed E-state index contributed by atoms with van der Waals surface area (Å²) in [4.78, 5) is 28.0. The number of hydrogen-bond donors (Lipinski definition) is 0. The highest BCUT2D eigenvalue weighted by Gasteiger charge is 2.28. The molecule has 0 bridgehead atoms. The van der Waals surface area contributed by atoms with Crippen LogP contribution in [-0.2, 0) is 0 Å². The number of piperazine rings is 1. The fourth-order valence-electron chi connectivity index (χ4n) is 2.44. The zero-order chi connectivity index (χ0) is 15.7. The summed E-state index contributed by atoms with van der Waals surface area (Å²) < 4.78 is 10.2. The van der Waals surface area contributed by atoms with Crippen molar-refractivity contribution >= 4 is 11.8 Å². The van der Waals surface area contributed by atoms with E-state index in [1.165, 1.54) is 6.26 Å². The highest BCUT2D eigenvalue weighted by Crippen LogP contribution is 2.16. The van der Waals surface area contributed by atoms with E-state index in [2.05, 4.69) is 5.16 Å². The number of hydrogen-bond acceptors (Lipinski definition) is 5. The summed E-state index contributed by atoms with van der Waals surface area (Å²) in [6.07, 6.45) is 1.47. The van der Waals surface area contributed by atoms with E-state index in [4.69, 9.17) is 8.94 Å². The molecule has 0 saturated carbocycles. The molecule has 116 valence electrons. The molecule has 1 saturated heterocycles. The maximum absolute atomic E-state index is 12.4. The van der Waals surface area contributed by atoms with Crippen LogP contribution in [0.4, 0.5) is 0 Å². The standard InChI is InChI=1S/C15H17N3O4/c1-10-11(2)22-16-13(10)15(20)18-7-5-17(6-8-18)14(19)12-4-3-9-21-12/h3-4,9H,5-8H2,1-2H3. The molecule has 0 aromatic carbocycles. The predicted octanol–water partition coefficient (Wildman–Crippen LogP) is 1.48. The first-order valence-corrected chi connectivity index (χ1v) is 7.13. The second-order valence-corrected chi connectivity index (χ2v) is 5.27. The van der Waals surface area contributed by atoms with Crippen LogP contribution in [0.25, 0.3) is 0 Å². The number of nitrogens with zero attached hydrogens (tertiary/aromatic N) is 3. The van der Waals surface area contributed by atoms with Gasteiger partial charge in [0.25, 0.3) is 11.8 Å². The Balaban J connectivity index is 1.63. The van der Waals surface area contributed by atoms with Crippen LogP contribution in [-0.4, -0.2) is 52.9 Å². The minimum absolute atomic E-state index is 0.148. The molecular weight excluding hydrogens is 286 g/mol. The van der Waals surface area contributed by atoms with E-state index in [1.807, 2.05) is 6.92 Å². The van der Waals surface area contributed by atoms with Crippen molar-refractivity contribution in [3.8, 4) is 0 Å². The van der Waals surface area contributed by atoms with E-state index in [0.29, 0.717) is 43.4 Å². The van der Waals surface area contributed by atoms with Crippen LogP contribution in [0, 0.1) is 13.8 Å². The van der Waals surface area contributed by atoms with Gasteiger partial charge in [0.05, 0.1) is 6.26 Å². The molecule has 1 aliphatic heterocycles. The van der Waals surface area contributed by atoms with E-state index in [-0.39, 0.29) is 11.8 Å². The van der Waals surface area contributed by atoms with Crippen LogP contribution in [0.2, 0.25) is 0 Å². The van der Waals surface area contributed by atoms with E-state index < -0.39 is 0 Å². The third kappa shape index (κ3) is 2.49. The summed E-state index contributed by atoms with van der Waals surface area (Å²) in [6, 6.07) is 3.32. The molecule has 0 N–H and O–H groups in total. The molecule has 2 aromatic rings. The van der Waals surface area contributed by atoms with Crippen LogP contribution in [0.5, 0.6) is 0 Å². The van der Waals surface area contributed by atoms with Gasteiger partial charge < -0.3 is 18.7 Å². The van der Waals surface area contributed by atoms with Gasteiger partial charge in [0, 0.05) is 31.7 Å². The topological polar surface area (TPSA) is 79.8 Å². The molecule has 3 heterocycles. The second-order valence-electron chi connectivity index (χ2n) is 5.27. The van der Waals surface area contributed by atoms with Crippen LogP contribution in [0.3, 0.4) is 0 Å². The summed E-state index contributed by atoms with van der Waals surface area (Å²) in [5.41, 5.74) is 1.11. The summed E-state index contributed by atoms with van der Waals surface area (Å²) in [5, 5.41) is 3.82. The number of amides is 2. The monoisotopic (exact) mass is 303 g/mol. The number of furan rings is 1. The molecule has 1 aliphatic rings. The number of aryl methyl sites for hydroxylation is 1. The Kier molecular flexibility index (Phi) is 3.70. The molecule has 7 heteroatoms. The van der Waals surface area contributed by atoms with Crippen LogP contribution < -0.4 is 0 Å². The third-order valence-corrected chi connectivity index (χ3v) is 3.95. The van der Waals surface area contributed by atoms with Crippen molar-refractivity contribution < 1.29 is 18.5 Å². The molecule has 0 unspecified atom stereocenters. The molecule has 0 spiro atoms. The molecule has 0 aliphatic carbocycles. The Morgan fingerprint density at radius 2 is 1.73 bits per heavy atom. The average Bonchev–Trinajstić information content (AvgIpc) is 3.18. The zero-order valence-electron chi connectivity index (χ0n) is 12.5. The van der Waals surface area contributed by atoms with Gasteiger partial charge in [-0.15, -0.1) is 0 Å². The lowest BCUT2D eigenvalue weighted by Crippen LogP contribution is -2.50. The molecule has 3 rings (SSSR count). The summed E-state index contributed by atoms with van der Waals surface area (Å²) >= 11 is 0. The number of rotatable bonds is 2. The molecule has 2 aromatic heterocycles. The van der Waals surface area contributed by atoms with Gasteiger partial charge in [0.1, 0.15) is 5.76 Å². The first-order valence-electron chi connectivity index (χ1n) is 7.13. The fourth-order valence-corrected chi connectivity index (χ4v) is 2.44. The minimum Gasteiger partial charge on any atom is -0.459 e. The van der Waals surface area contributed by atoms with Gasteiger partial charge in [-0.25, -0.2) is 0 Å². The highest BCUT2D eigenvalue weighted by molar-refractivity contribution is 5.94. The van der Waals surface area contributed by atoms with Crippen molar-refractivity contribution in [3.63, 3.8) is 0 Å². The van der Waals surface area contributed by atoms with Crippen molar-refractivity contribution in [1.29, 1.82) is 0 Å². The Morgan fingerprint density at radius 3 is 2.23 bits per heavy atom. The lowest BCUT2D eigenvalue weighted by molar-refractivity contribution is 0.0512.